The molecule has 1 aromatic carbocycles. The van der Waals surface area contributed by atoms with Crippen molar-refractivity contribution in [2.75, 3.05) is 19.6 Å². The van der Waals surface area contributed by atoms with Gasteiger partial charge in [0, 0.05) is 50.7 Å². The molecule has 21 heavy (non-hydrogen) atoms. The van der Waals surface area contributed by atoms with Crippen molar-refractivity contribution in [2.24, 2.45) is 0 Å². The van der Waals surface area contributed by atoms with Gasteiger partial charge in [-0.25, -0.2) is 8.78 Å². The van der Waals surface area contributed by atoms with Crippen LogP contribution in [0.5, 0.6) is 0 Å². The van der Waals surface area contributed by atoms with Gasteiger partial charge in [0.2, 0.25) is 0 Å². The Labute approximate surface area is 122 Å². The second kappa shape index (κ2) is 6.28. The number of hydrogen-bond donors (Lipinski definition) is 1. The van der Waals surface area contributed by atoms with Crippen LogP contribution in [0.4, 0.5) is 8.78 Å². The van der Waals surface area contributed by atoms with Crippen LogP contribution < -0.4 is 5.32 Å². The highest BCUT2D eigenvalue weighted by atomic mass is 19.1. The summed E-state index contributed by atoms with van der Waals surface area (Å²) in [7, 11) is 0. The normalized spacial score (nSPS) is 19.6. The van der Waals surface area contributed by atoms with Gasteiger partial charge >= 0.3 is 0 Å². The third-order valence-corrected chi connectivity index (χ3v) is 3.75. The highest BCUT2D eigenvalue weighted by Gasteiger charge is 2.23. The summed E-state index contributed by atoms with van der Waals surface area (Å²) in [6.07, 6.45) is 3.54. The molecule has 1 atom stereocenters. The van der Waals surface area contributed by atoms with E-state index in [1.165, 1.54) is 12.1 Å². The summed E-state index contributed by atoms with van der Waals surface area (Å²) in [6.45, 7) is 3.07. The number of benzene rings is 1. The van der Waals surface area contributed by atoms with E-state index in [9.17, 15) is 8.78 Å². The van der Waals surface area contributed by atoms with Gasteiger partial charge in [-0.2, -0.15) is 0 Å². The third-order valence-electron chi connectivity index (χ3n) is 3.75. The molecule has 1 saturated heterocycles. The van der Waals surface area contributed by atoms with Crippen molar-refractivity contribution in [1.82, 2.24) is 15.2 Å². The van der Waals surface area contributed by atoms with Crippen LogP contribution in [0.1, 0.15) is 17.2 Å². The molecule has 0 bridgehead atoms. The van der Waals surface area contributed by atoms with Crippen molar-refractivity contribution < 1.29 is 8.78 Å². The Bertz CT molecular complexity index is 583. The van der Waals surface area contributed by atoms with E-state index in [1.54, 1.807) is 12.4 Å². The van der Waals surface area contributed by atoms with Gasteiger partial charge in [0.15, 0.2) is 0 Å². The average Bonchev–Trinajstić information content (AvgIpc) is 2.48. The van der Waals surface area contributed by atoms with Gasteiger partial charge in [-0.1, -0.05) is 0 Å². The predicted molar refractivity (Wildman–Crippen MR) is 76.6 cm³/mol. The number of aromatic nitrogens is 1. The number of piperazine rings is 1. The Morgan fingerprint density at radius 1 is 1.14 bits per heavy atom. The van der Waals surface area contributed by atoms with Gasteiger partial charge in [-0.3, -0.25) is 9.88 Å². The van der Waals surface area contributed by atoms with E-state index < -0.39 is 11.6 Å². The second-order valence-electron chi connectivity index (χ2n) is 5.25. The predicted octanol–water partition coefficient (Wildman–Crippen LogP) is 2.51. The Morgan fingerprint density at radius 2 is 1.86 bits per heavy atom. The number of nitrogens with zero attached hydrogens (tertiary/aromatic N) is 2. The van der Waals surface area contributed by atoms with E-state index in [4.69, 9.17) is 0 Å². The van der Waals surface area contributed by atoms with Gasteiger partial charge in [0.05, 0.1) is 0 Å². The minimum Gasteiger partial charge on any atom is -0.314 e. The summed E-state index contributed by atoms with van der Waals surface area (Å²) >= 11 is 0. The lowest BCUT2D eigenvalue weighted by atomic mass is 10.0. The molecule has 0 saturated carbocycles. The first kappa shape index (κ1) is 14.1. The highest BCUT2D eigenvalue weighted by Crippen LogP contribution is 2.24. The zero-order valence-corrected chi connectivity index (χ0v) is 11.6. The molecule has 0 amide bonds. The summed E-state index contributed by atoms with van der Waals surface area (Å²) in [5.41, 5.74) is 1.82. The zero-order valence-electron chi connectivity index (χ0n) is 11.6. The van der Waals surface area contributed by atoms with Crippen molar-refractivity contribution in [1.29, 1.82) is 0 Å². The standard InChI is InChI=1S/C16H17F2N3/c17-14-7-12(8-15(18)9-14)11-21-6-5-20-10-16(21)13-1-3-19-4-2-13/h1-4,7-9,16,20H,5-6,10-11H2. The van der Waals surface area contributed by atoms with Crippen LogP contribution in [0.25, 0.3) is 0 Å². The van der Waals surface area contributed by atoms with Crippen molar-refractivity contribution in [2.45, 2.75) is 12.6 Å². The van der Waals surface area contributed by atoms with Crippen LogP contribution in [0.2, 0.25) is 0 Å². The quantitative estimate of drug-likeness (QED) is 0.941. The van der Waals surface area contributed by atoms with E-state index in [0.717, 1.165) is 31.3 Å². The maximum absolute atomic E-state index is 13.3. The van der Waals surface area contributed by atoms with Crippen molar-refractivity contribution in [3.8, 4) is 0 Å². The summed E-state index contributed by atoms with van der Waals surface area (Å²) in [6, 6.07) is 7.85. The van der Waals surface area contributed by atoms with E-state index in [0.29, 0.717) is 12.1 Å². The van der Waals surface area contributed by atoms with E-state index in [2.05, 4.69) is 15.2 Å². The van der Waals surface area contributed by atoms with Gasteiger partial charge < -0.3 is 5.32 Å². The fourth-order valence-corrected chi connectivity index (χ4v) is 2.79. The molecule has 1 aromatic heterocycles. The zero-order chi connectivity index (χ0) is 14.7. The Balaban J connectivity index is 1.81. The highest BCUT2D eigenvalue weighted by molar-refractivity contribution is 5.20. The van der Waals surface area contributed by atoms with E-state index in [-0.39, 0.29) is 6.04 Å². The second-order valence-corrected chi connectivity index (χ2v) is 5.25. The SMILES string of the molecule is Fc1cc(F)cc(CN2CCNCC2c2ccncc2)c1. The molecule has 1 unspecified atom stereocenters. The van der Waals surface area contributed by atoms with Crippen LogP contribution in [0.3, 0.4) is 0 Å². The summed E-state index contributed by atoms with van der Waals surface area (Å²) < 4.78 is 26.6. The molecule has 0 spiro atoms. The topological polar surface area (TPSA) is 28.2 Å². The first-order valence-electron chi connectivity index (χ1n) is 7.02. The summed E-state index contributed by atoms with van der Waals surface area (Å²) in [5.74, 6) is -1.05. The van der Waals surface area contributed by atoms with Crippen LogP contribution in [0.15, 0.2) is 42.7 Å². The lowest BCUT2D eigenvalue weighted by Crippen LogP contribution is -2.45. The van der Waals surface area contributed by atoms with Gasteiger partial charge in [0.25, 0.3) is 0 Å². The molecular weight excluding hydrogens is 272 g/mol. The molecule has 0 aliphatic carbocycles. The molecular formula is C16H17F2N3. The van der Waals surface area contributed by atoms with Crippen molar-refractivity contribution >= 4 is 0 Å². The van der Waals surface area contributed by atoms with Gasteiger partial charge in [0.1, 0.15) is 11.6 Å². The molecule has 0 radical (unpaired) electrons. The van der Waals surface area contributed by atoms with Crippen LogP contribution >= 0.6 is 0 Å². The fraction of sp³-hybridized carbons (Fsp3) is 0.312. The van der Waals surface area contributed by atoms with Crippen LogP contribution in [-0.2, 0) is 6.54 Å². The molecule has 1 aliphatic rings. The molecule has 5 heteroatoms. The molecule has 3 nitrogen and oxygen atoms in total. The molecule has 110 valence electrons. The van der Waals surface area contributed by atoms with E-state index >= 15 is 0 Å². The van der Waals surface area contributed by atoms with Crippen molar-refractivity contribution in [3.63, 3.8) is 0 Å². The maximum atomic E-state index is 13.3. The minimum atomic E-state index is -0.527. The molecule has 2 aromatic rings. The molecule has 1 aliphatic heterocycles. The third kappa shape index (κ3) is 3.43. The minimum absolute atomic E-state index is 0.188. The van der Waals surface area contributed by atoms with E-state index in [1.807, 2.05) is 12.1 Å². The monoisotopic (exact) mass is 289 g/mol. The maximum Gasteiger partial charge on any atom is 0.126 e. The molecule has 1 fully saturated rings. The van der Waals surface area contributed by atoms with Crippen LogP contribution in [0, 0.1) is 11.6 Å². The lowest BCUT2D eigenvalue weighted by Gasteiger charge is -2.36. The smallest absolute Gasteiger partial charge is 0.126 e. The lowest BCUT2D eigenvalue weighted by molar-refractivity contribution is 0.153. The first-order valence-corrected chi connectivity index (χ1v) is 7.02. The van der Waals surface area contributed by atoms with Crippen molar-refractivity contribution in [3.05, 3.63) is 65.5 Å². The number of rotatable bonds is 3. The largest absolute Gasteiger partial charge is 0.314 e. The average molecular weight is 289 g/mol. The molecule has 1 N–H and O–H groups in total. The first-order chi connectivity index (χ1) is 10.2. The van der Waals surface area contributed by atoms with Crippen LogP contribution in [-0.4, -0.2) is 29.5 Å². The number of hydrogen-bond acceptors (Lipinski definition) is 3. The Morgan fingerprint density at radius 3 is 2.57 bits per heavy atom. The molecule has 3 rings (SSSR count). The van der Waals surface area contributed by atoms with Gasteiger partial charge in [-0.05, 0) is 35.4 Å². The summed E-state index contributed by atoms with van der Waals surface area (Å²) in [4.78, 5) is 6.27. The molecule has 2 heterocycles. The Kier molecular flexibility index (Phi) is 4.22. The number of pyridine rings is 1. The number of nitrogens with one attached hydrogen (secondary N) is 1. The fourth-order valence-electron chi connectivity index (χ4n) is 2.79. The Hall–Kier alpha value is -1.85. The summed E-state index contributed by atoms with van der Waals surface area (Å²) in [5, 5.41) is 3.36. The van der Waals surface area contributed by atoms with Gasteiger partial charge in [-0.15, -0.1) is 0 Å². The number of halogens is 2.